The van der Waals surface area contributed by atoms with Crippen molar-refractivity contribution in [2.24, 2.45) is 0 Å². The first kappa shape index (κ1) is 9.64. The van der Waals surface area contributed by atoms with E-state index in [0.717, 1.165) is 23.0 Å². The van der Waals surface area contributed by atoms with Crippen molar-refractivity contribution in [2.75, 3.05) is 12.4 Å². The van der Waals surface area contributed by atoms with Crippen LogP contribution in [0.5, 0.6) is 0 Å². The highest BCUT2D eigenvalue weighted by molar-refractivity contribution is 5.36. The lowest BCUT2D eigenvalue weighted by atomic mass is 10.4. The Morgan fingerprint density at radius 1 is 1.27 bits per heavy atom. The Bertz CT molecular complexity index is 474. The van der Waals surface area contributed by atoms with Gasteiger partial charge in [0.25, 0.3) is 0 Å². The molecule has 2 aromatic heterocycles. The molecule has 0 spiro atoms. The maximum atomic E-state index is 4.38. The minimum absolute atomic E-state index is 0.748. The Balaban J connectivity index is 2.49. The molecule has 0 saturated carbocycles. The second-order valence-corrected chi connectivity index (χ2v) is 3.30. The molecule has 0 atom stereocenters. The van der Waals surface area contributed by atoms with Crippen LogP contribution in [0.4, 0.5) is 5.82 Å². The Labute approximate surface area is 88.2 Å². The molecule has 5 heteroatoms. The zero-order valence-corrected chi connectivity index (χ0v) is 9.02. The molecular weight excluding hydrogens is 190 g/mol. The van der Waals surface area contributed by atoms with E-state index in [2.05, 4.69) is 20.3 Å². The molecule has 5 nitrogen and oxygen atoms in total. The zero-order chi connectivity index (χ0) is 10.8. The van der Waals surface area contributed by atoms with Gasteiger partial charge in [-0.05, 0) is 13.8 Å². The van der Waals surface area contributed by atoms with Crippen LogP contribution in [-0.4, -0.2) is 26.6 Å². The van der Waals surface area contributed by atoms with Crippen LogP contribution in [0.2, 0.25) is 0 Å². The van der Waals surface area contributed by atoms with Crippen molar-refractivity contribution in [3.8, 4) is 5.82 Å². The smallest absolute Gasteiger partial charge is 0.159 e. The van der Waals surface area contributed by atoms with Crippen molar-refractivity contribution in [1.29, 1.82) is 0 Å². The quantitative estimate of drug-likeness (QED) is 0.799. The van der Waals surface area contributed by atoms with E-state index < -0.39 is 0 Å². The molecular formula is C10H13N5. The second-order valence-electron chi connectivity index (χ2n) is 3.30. The molecule has 1 N–H and O–H groups in total. The second kappa shape index (κ2) is 3.68. The maximum Gasteiger partial charge on any atom is 0.159 e. The zero-order valence-electron chi connectivity index (χ0n) is 9.02. The number of nitrogens with one attached hydrogen (secondary N) is 1. The van der Waals surface area contributed by atoms with E-state index in [-0.39, 0.29) is 0 Å². The number of nitrogens with zero attached hydrogens (tertiary/aromatic N) is 4. The summed E-state index contributed by atoms with van der Waals surface area (Å²) >= 11 is 0. The van der Waals surface area contributed by atoms with Crippen LogP contribution in [0.15, 0.2) is 18.7 Å². The minimum atomic E-state index is 0.748. The highest BCUT2D eigenvalue weighted by Gasteiger charge is 2.05. The van der Waals surface area contributed by atoms with E-state index in [9.17, 15) is 0 Å². The lowest BCUT2D eigenvalue weighted by Crippen LogP contribution is -2.02. The standard InChI is InChI=1S/C10H13N5/c1-7-8(2)15(6-13-7)10-5-12-4-9(11-3)14-10/h4-6H,1-3H3,(H,11,14). The number of aryl methyl sites for hydroxylation is 1. The minimum Gasteiger partial charge on any atom is -0.372 e. The fraction of sp³-hybridized carbons (Fsp3) is 0.300. The molecule has 0 aliphatic rings. The predicted octanol–water partition coefficient (Wildman–Crippen LogP) is 1.32. The van der Waals surface area contributed by atoms with Gasteiger partial charge in [-0.3, -0.25) is 9.55 Å². The third-order valence-electron chi connectivity index (χ3n) is 2.38. The fourth-order valence-electron chi connectivity index (χ4n) is 1.32. The van der Waals surface area contributed by atoms with Crippen molar-refractivity contribution in [3.63, 3.8) is 0 Å². The van der Waals surface area contributed by atoms with E-state index >= 15 is 0 Å². The van der Waals surface area contributed by atoms with Gasteiger partial charge < -0.3 is 5.32 Å². The van der Waals surface area contributed by atoms with Crippen LogP contribution in [0.3, 0.4) is 0 Å². The highest BCUT2D eigenvalue weighted by Crippen LogP contribution is 2.11. The van der Waals surface area contributed by atoms with Crippen molar-refractivity contribution >= 4 is 5.82 Å². The van der Waals surface area contributed by atoms with Gasteiger partial charge in [-0.15, -0.1) is 0 Å². The highest BCUT2D eigenvalue weighted by atomic mass is 15.1. The number of imidazole rings is 1. The van der Waals surface area contributed by atoms with Crippen molar-refractivity contribution < 1.29 is 0 Å². The molecule has 0 radical (unpaired) electrons. The topological polar surface area (TPSA) is 55.6 Å². The van der Waals surface area contributed by atoms with Gasteiger partial charge in [0, 0.05) is 12.7 Å². The Morgan fingerprint density at radius 2 is 2.07 bits per heavy atom. The lowest BCUT2D eigenvalue weighted by molar-refractivity contribution is 0.935. The summed E-state index contributed by atoms with van der Waals surface area (Å²) in [6.45, 7) is 3.98. The average Bonchev–Trinajstić information content (AvgIpc) is 2.60. The van der Waals surface area contributed by atoms with E-state index in [1.165, 1.54) is 0 Å². The molecule has 2 rings (SSSR count). The summed E-state index contributed by atoms with van der Waals surface area (Å²) < 4.78 is 1.92. The van der Waals surface area contributed by atoms with E-state index in [1.807, 2.05) is 25.5 Å². The van der Waals surface area contributed by atoms with Gasteiger partial charge in [0.05, 0.1) is 18.1 Å². The van der Waals surface area contributed by atoms with E-state index in [4.69, 9.17) is 0 Å². The molecule has 2 aromatic rings. The molecule has 0 unspecified atom stereocenters. The molecule has 78 valence electrons. The molecule has 0 aliphatic heterocycles. The number of anilines is 1. The number of hydrogen-bond donors (Lipinski definition) is 1. The predicted molar refractivity (Wildman–Crippen MR) is 58.2 cm³/mol. The van der Waals surface area contributed by atoms with Gasteiger partial charge in [0.2, 0.25) is 0 Å². The van der Waals surface area contributed by atoms with Crippen LogP contribution in [0.25, 0.3) is 5.82 Å². The van der Waals surface area contributed by atoms with E-state index in [0.29, 0.717) is 0 Å². The fourth-order valence-corrected chi connectivity index (χ4v) is 1.32. The molecule has 0 amide bonds. The monoisotopic (exact) mass is 203 g/mol. The van der Waals surface area contributed by atoms with Crippen molar-refractivity contribution in [3.05, 3.63) is 30.1 Å². The van der Waals surface area contributed by atoms with E-state index in [1.54, 1.807) is 18.7 Å². The van der Waals surface area contributed by atoms with Crippen LogP contribution in [0, 0.1) is 13.8 Å². The Hall–Kier alpha value is -1.91. The molecule has 0 fully saturated rings. The summed E-state index contributed by atoms with van der Waals surface area (Å²) in [5.41, 5.74) is 2.09. The summed E-state index contributed by atoms with van der Waals surface area (Å²) in [5.74, 6) is 1.53. The third kappa shape index (κ3) is 1.68. The van der Waals surface area contributed by atoms with Crippen molar-refractivity contribution in [2.45, 2.75) is 13.8 Å². The number of rotatable bonds is 2. The molecule has 2 heterocycles. The molecule has 0 bridgehead atoms. The van der Waals surface area contributed by atoms with Crippen LogP contribution < -0.4 is 5.32 Å². The molecule has 15 heavy (non-hydrogen) atoms. The SMILES string of the molecule is CNc1cncc(-n2cnc(C)c2C)n1. The molecule has 0 saturated heterocycles. The van der Waals surface area contributed by atoms with Gasteiger partial charge in [-0.25, -0.2) is 9.97 Å². The summed E-state index contributed by atoms with van der Waals surface area (Å²) in [7, 11) is 1.82. The molecule has 0 aromatic carbocycles. The van der Waals surface area contributed by atoms with Gasteiger partial charge in [0.1, 0.15) is 12.1 Å². The summed E-state index contributed by atoms with van der Waals surface area (Å²) in [4.78, 5) is 12.7. The number of hydrogen-bond acceptors (Lipinski definition) is 4. The van der Waals surface area contributed by atoms with Gasteiger partial charge >= 0.3 is 0 Å². The summed E-state index contributed by atoms with van der Waals surface area (Å²) in [6, 6.07) is 0. The lowest BCUT2D eigenvalue weighted by Gasteiger charge is -2.05. The van der Waals surface area contributed by atoms with Crippen LogP contribution >= 0.6 is 0 Å². The maximum absolute atomic E-state index is 4.38. The van der Waals surface area contributed by atoms with Crippen LogP contribution in [0.1, 0.15) is 11.4 Å². The molecule has 0 aliphatic carbocycles. The third-order valence-corrected chi connectivity index (χ3v) is 2.38. The normalized spacial score (nSPS) is 10.3. The Morgan fingerprint density at radius 3 is 2.67 bits per heavy atom. The summed E-state index contributed by atoms with van der Waals surface area (Å²) in [6.07, 6.45) is 5.16. The largest absolute Gasteiger partial charge is 0.372 e. The van der Waals surface area contributed by atoms with Gasteiger partial charge in [-0.2, -0.15) is 0 Å². The average molecular weight is 203 g/mol. The first-order chi connectivity index (χ1) is 7.22. The summed E-state index contributed by atoms with van der Waals surface area (Å²) in [5, 5.41) is 2.96. The Kier molecular flexibility index (Phi) is 2.37. The van der Waals surface area contributed by atoms with Gasteiger partial charge in [0.15, 0.2) is 5.82 Å². The first-order valence-corrected chi connectivity index (χ1v) is 4.73. The first-order valence-electron chi connectivity index (χ1n) is 4.73. The van der Waals surface area contributed by atoms with Crippen LogP contribution in [-0.2, 0) is 0 Å². The van der Waals surface area contributed by atoms with Crippen molar-refractivity contribution in [1.82, 2.24) is 19.5 Å². The van der Waals surface area contributed by atoms with Gasteiger partial charge in [-0.1, -0.05) is 0 Å². The number of aromatic nitrogens is 4.